The van der Waals surface area contributed by atoms with Gasteiger partial charge in [-0.1, -0.05) is 51.1 Å². The number of amides is 1. The van der Waals surface area contributed by atoms with Crippen molar-refractivity contribution in [3.05, 3.63) is 35.9 Å². The minimum Gasteiger partial charge on any atom is -0.332 e. The summed E-state index contributed by atoms with van der Waals surface area (Å²) in [5.41, 5.74) is 0.722. The molecule has 114 valence electrons. The van der Waals surface area contributed by atoms with E-state index < -0.39 is 5.92 Å². The van der Waals surface area contributed by atoms with Crippen LogP contribution in [0.3, 0.4) is 0 Å². The number of rotatable bonds is 4. The molecule has 0 bridgehead atoms. The molecule has 0 spiro atoms. The summed E-state index contributed by atoms with van der Waals surface area (Å²) in [5.74, 6) is -0.720. The monoisotopic (exact) mass is 286 g/mol. The molecule has 1 rings (SSSR count). The first-order chi connectivity index (χ1) is 9.70. The Morgan fingerprint density at radius 1 is 1.14 bits per heavy atom. The third-order valence-electron chi connectivity index (χ3n) is 3.75. The largest absolute Gasteiger partial charge is 0.332 e. The summed E-state index contributed by atoms with van der Waals surface area (Å²) in [7, 11) is 0. The average molecular weight is 286 g/mol. The molecular weight excluding hydrogens is 260 g/mol. The fraction of sp³-hybridized carbons (Fsp3) is 0.556. The van der Waals surface area contributed by atoms with E-state index in [4.69, 9.17) is 0 Å². The first-order valence-electron chi connectivity index (χ1n) is 7.47. The lowest BCUT2D eigenvalue weighted by molar-refractivity contribution is -0.140. The van der Waals surface area contributed by atoms with E-state index in [2.05, 4.69) is 6.07 Å². The summed E-state index contributed by atoms with van der Waals surface area (Å²) >= 11 is 0. The van der Waals surface area contributed by atoms with Gasteiger partial charge in [-0.25, -0.2) is 0 Å². The number of benzene rings is 1. The predicted molar refractivity (Wildman–Crippen MR) is 85.4 cm³/mol. The number of nitrogens with zero attached hydrogens (tertiary/aromatic N) is 2. The number of carbonyl (C=O) groups is 1. The van der Waals surface area contributed by atoms with Crippen LogP contribution in [0.1, 0.15) is 53.1 Å². The molecule has 0 fully saturated rings. The van der Waals surface area contributed by atoms with Crippen LogP contribution in [0.25, 0.3) is 0 Å². The summed E-state index contributed by atoms with van der Waals surface area (Å²) in [6, 6.07) is 12.1. The second-order valence-corrected chi connectivity index (χ2v) is 6.85. The molecule has 1 aromatic rings. The summed E-state index contributed by atoms with van der Waals surface area (Å²) in [6.45, 7) is 11.8. The lowest BCUT2D eigenvalue weighted by atomic mass is 9.80. The zero-order chi connectivity index (χ0) is 16.2. The Labute approximate surface area is 128 Å². The summed E-state index contributed by atoms with van der Waals surface area (Å²) < 4.78 is 0. The van der Waals surface area contributed by atoms with E-state index in [1.54, 1.807) is 0 Å². The van der Waals surface area contributed by atoms with Crippen molar-refractivity contribution in [2.24, 2.45) is 11.3 Å². The van der Waals surface area contributed by atoms with Crippen LogP contribution < -0.4 is 0 Å². The maximum absolute atomic E-state index is 12.9. The van der Waals surface area contributed by atoms with E-state index in [0.29, 0.717) is 0 Å². The topological polar surface area (TPSA) is 44.1 Å². The highest BCUT2D eigenvalue weighted by atomic mass is 16.2. The van der Waals surface area contributed by atoms with Gasteiger partial charge in [0, 0.05) is 6.04 Å². The molecule has 0 saturated carbocycles. The maximum atomic E-state index is 12.9. The van der Waals surface area contributed by atoms with E-state index in [0.717, 1.165) is 5.56 Å². The van der Waals surface area contributed by atoms with Gasteiger partial charge in [-0.3, -0.25) is 4.79 Å². The van der Waals surface area contributed by atoms with E-state index >= 15 is 0 Å². The summed E-state index contributed by atoms with van der Waals surface area (Å²) in [4.78, 5) is 14.7. The maximum Gasteiger partial charge on any atom is 0.241 e. The van der Waals surface area contributed by atoms with E-state index in [9.17, 15) is 10.1 Å². The summed E-state index contributed by atoms with van der Waals surface area (Å²) in [6.07, 6.45) is 0. The van der Waals surface area contributed by atoms with Gasteiger partial charge >= 0.3 is 0 Å². The van der Waals surface area contributed by atoms with Crippen molar-refractivity contribution in [2.75, 3.05) is 0 Å². The van der Waals surface area contributed by atoms with Crippen LogP contribution in [0.4, 0.5) is 0 Å². The van der Waals surface area contributed by atoms with Crippen molar-refractivity contribution in [3.8, 4) is 6.07 Å². The van der Waals surface area contributed by atoms with Crippen molar-refractivity contribution in [1.29, 1.82) is 5.26 Å². The van der Waals surface area contributed by atoms with Crippen molar-refractivity contribution < 1.29 is 4.79 Å². The summed E-state index contributed by atoms with van der Waals surface area (Å²) in [5, 5.41) is 9.42. The highest BCUT2D eigenvalue weighted by Gasteiger charge is 2.37. The van der Waals surface area contributed by atoms with E-state index in [1.807, 2.05) is 76.8 Å². The minimum absolute atomic E-state index is 0.0445. The Balaban J connectivity index is 3.13. The molecule has 2 unspecified atom stereocenters. The molecule has 0 aliphatic heterocycles. The second-order valence-electron chi connectivity index (χ2n) is 6.85. The Morgan fingerprint density at radius 3 is 2.05 bits per heavy atom. The first kappa shape index (κ1) is 17.2. The predicted octanol–water partition coefficient (Wildman–Crippen LogP) is 4.17. The van der Waals surface area contributed by atoms with Gasteiger partial charge in [0.15, 0.2) is 0 Å². The van der Waals surface area contributed by atoms with Crippen molar-refractivity contribution in [2.45, 2.75) is 53.6 Å². The van der Waals surface area contributed by atoms with E-state index in [1.165, 1.54) is 0 Å². The van der Waals surface area contributed by atoms with Crippen molar-refractivity contribution in [1.82, 2.24) is 4.90 Å². The Hall–Kier alpha value is -1.82. The molecule has 0 aliphatic rings. The average Bonchev–Trinajstić information content (AvgIpc) is 2.38. The van der Waals surface area contributed by atoms with E-state index in [-0.39, 0.29) is 23.4 Å². The van der Waals surface area contributed by atoms with Crippen LogP contribution in [0.15, 0.2) is 30.3 Å². The standard InChI is InChI=1S/C18H26N2O/c1-13(2)20(14(3)15-10-8-7-9-11-15)17(21)16(12-19)18(4,5)6/h7-11,13-14,16H,1-6H3. The van der Waals surface area contributed by atoms with Gasteiger partial charge < -0.3 is 4.90 Å². The van der Waals surface area contributed by atoms with Crippen LogP contribution in [0, 0.1) is 22.7 Å². The van der Waals surface area contributed by atoms with Crippen LogP contribution >= 0.6 is 0 Å². The fourth-order valence-electron chi connectivity index (χ4n) is 2.55. The molecule has 0 N–H and O–H groups in total. The molecule has 0 aromatic heterocycles. The molecule has 0 radical (unpaired) electrons. The van der Waals surface area contributed by atoms with Crippen molar-refractivity contribution in [3.63, 3.8) is 0 Å². The highest BCUT2D eigenvalue weighted by Crippen LogP contribution is 2.31. The molecule has 1 aromatic carbocycles. The molecule has 3 nitrogen and oxygen atoms in total. The molecule has 2 atom stereocenters. The SMILES string of the molecule is CC(C)N(C(=O)C(C#N)C(C)(C)C)C(C)c1ccccc1. The fourth-order valence-corrected chi connectivity index (χ4v) is 2.55. The Bertz CT molecular complexity index is 508. The van der Waals surface area contributed by atoms with Crippen molar-refractivity contribution >= 4 is 5.91 Å². The molecule has 3 heteroatoms. The number of carbonyl (C=O) groups excluding carboxylic acids is 1. The molecule has 1 amide bonds. The number of nitriles is 1. The van der Waals surface area contributed by atoms with Crippen LogP contribution in [0.2, 0.25) is 0 Å². The van der Waals surface area contributed by atoms with Gasteiger partial charge in [0.25, 0.3) is 0 Å². The minimum atomic E-state index is -0.633. The lowest BCUT2D eigenvalue weighted by Crippen LogP contribution is -2.45. The highest BCUT2D eigenvalue weighted by molar-refractivity contribution is 5.82. The first-order valence-corrected chi connectivity index (χ1v) is 7.47. The van der Waals surface area contributed by atoms with Crippen LogP contribution in [0.5, 0.6) is 0 Å². The smallest absolute Gasteiger partial charge is 0.241 e. The van der Waals surface area contributed by atoms with Gasteiger partial charge in [-0.2, -0.15) is 5.26 Å². The van der Waals surface area contributed by atoms with Gasteiger partial charge in [-0.15, -0.1) is 0 Å². The Morgan fingerprint density at radius 2 is 1.67 bits per heavy atom. The molecule has 0 aliphatic carbocycles. The molecule has 0 heterocycles. The number of hydrogen-bond donors (Lipinski definition) is 0. The normalized spacial score (nSPS) is 14.4. The van der Waals surface area contributed by atoms with Crippen LogP contribution in [-0.4, -0.2) is 16.8 Å². The lowest BCUT2D eigenvalue weighted by Gasteiger charge is -2.37. The third-order valence-corrected chi connectivity index (χ3v) is 3.75. The third kappa shape index (κ3) is 4.07. The van der Waals surface area contributed by atoms with Crippen LogP contribution in [-0.2, 0) is 4.79 Å². The molecule has 0 saturated heterocycles. The molecular formula is C18H26N2O. The van der Waals surface area contributed by atoms with Gasteiger partial charge in [-0.05, 0) is 31.7 Å². The van der Waals surface area contributed by atoms with Gasteiger partial charge in [0.2, 0.25) is 5.91 Å². The van der Waals surface area contributed by atoms with Gasteiger partial charge in [0.1, 0.15) is 5.92 Å². The second kappa shape index (κ2) is 6.76. The Kier molecular flexibility index (Phi) is 5.54. The quantitative estimate of drug-likeness (QED) is 0.833. The molecule has 21 heavy (non-hydrogen) atoms. The van der Waals surface area contributed by atoms with Gasteiger partial charge in [0.05, 0.1) is 12.1 Å². The number of hydrogen-bond acceptors (Lipinski definition) is 2. The zero-order valence-electron chi connectivity index (χ0n) is 13.9. The zero-order valence-corrected chi connectivity index (χ0v) is 13.9.